The van der Waals surface area contributed by atoms with E-state index >= 15 is 0 Å². The maximum Gasteiger partial charge on any atom is 0.253 e. The van der Waals surface area contributed by atoms with Crippen molar-refractivity contribution in [3.8, 4) is 0 Å². The molecule has 1 aromatic rings. The Bertz CT molecular complexity index is 402. The number of carbonyl (C=O) groups excluding carboxylic acids is 1. The van der Waals surface area contributed by atoms with Crippen molar-refractivity contribution in [2.45, 2.75) is 13.3 Å². The lowest BCUT2D eigenvalue weighted by Gasteiger charge is -2.19. The summed E-state index contributed by atoms with van der Waals surface area (Å²) >= 11 is 0. The highest BCUT2D eigenvalue weighted by Crippen LogP contribution is 2.22. The van der Waals surface area contributed by atoms with Crippen LogP contribution in [0, 0.1) is 0 Å². The molecule has 1 rings (SSSR count). The van der Waals surface area contributed by atoms with Gasteiger partial charge < -0.3 is 15.5 Å². The van der Waals surface area contributed by atoms with E-state index in [-0.39, 0.29) is 5.91 Å². The van der Waals surface area contributed by atoms with Crippen molar-refractivity contribution in [2.75, 3.05) is 38.3 Å². The lowest BCUT2D eigenvalue weighted by molar-refractivity contribution is 0.0795. The van der Waals surface area contributed by atoms with Crippen molar-refractivity contribution in [1.82, 2.24) is 4.90 Å². The van der Waals surface area contributed by atoms with Crippen molar-refractivity contribution in [1.29, 1.82) is 0 Å². The third-order valence-corrected chi connectivity index (χ3v) is 2.66. The topological polar surface area (TPSA) is 49.6 Å². The van der Waals surface area contributed by atoms with E-state index in [2.05, 4.69) is 0 Å². The number of hydrogen-bond donors (Lipinski definition) is 1. The van der Waals surface area contributed by atoms with Crippen LogP contribution >= 0.6 is 0 Å². The van der Waals surface area contributed by atoms with Gasteiger partial charge in [0.1, 0.15) is 0 Å². The van der Waals surface area contributed by atoms with Crippen molar-refractivity contribution in [3.63, 3.8) is 0 Å². The van der Waals surface area contributed by atoms with E-state index in [1.54, 1.807) is 11.0 Å². The molecule has 0 aliphatic rings. The SMILES string of the molecule is CCCN(C)C(=O)c1ccc(N(C)C)c(N)c1. The van der Waals surface area contributed by atoms with E-state index in [1.807, 2.05) is 45.1 Å². The number of rotatable bonds is 4. The van der Waals surface area contributed by atoms with Crippen LogP contribution in [-0.2, 0) is 0 Å². The molecule has 0 aliphatic heterocycles. The number of amides is 1. The van der Waals surface area contributed by atoms with Crippen LogP contribution < -0.4 is 10.6 Å². The highest BCUT2D eigenvalue weighted by Gasteiger charge is 2.12. The van der Waals surface area contributed by atoms with Crippen LogP contribution in [0.3, 0.4) is 0 Å². The fraction of sp³-hybridized carbons (Fsp3) is 0.462. The zero-order valence-corrected chi connectivity index (χ0v) is 11.0. The molecule has 4 nitrogen and oxygen atoms in total. The van der Waals surface area contributed by atoms with E-state index in [4.69, 9.17) is 5.73 Å². The van der Waals surface area contributed by atoms with Gasteiger partial charge in [-0.25, -0.2) is 0 Å². The molecule has 1 amide bonds. The highest BCUT2D eigenvalue weighted by atomic mass is 16.2. The molecule has 0 bridgehead atoms. The van der Waals surface area contributed by atoms with Gasteiger partial charge in [-0.2, -0.15) is 0 Å². The van der Waals surface area contributed by atoms with Crippen molar-refractivity contribution >= 4 is 17.3 Å². The molecule has 0 atom stereocenters. The summed E-state index contributed by atoms with van der Waals surface area (Å²) in [5.74, 6) is 0.0175. The molecule has 0 fully saturated rings. The lowest BCUT2D eigenvalue weighted by Crippen LogP contribution is -2.27. The van der Waals surface area contributed by atoms with Gasteiger partial charge in [0.2, 0.25) is 0 Å². The minimum Gasteiger partial charge on any atom is -0.397 e. The first-order valence-electron chi connectivity index (χ1n) is 5.79. The minimum atomic E-state index is 0.0175. The molecule has 4 heteroatoms. The lowest BCUT2D eigenvalue weighted by atomic mass is 10.1. The van der Waals surface area contributed by atoms with Crippen LogP contribution in [0.5, 0.6) is 0 Å². The second-order valence-corrected chi connectivity index (χ2v) is 4.39. The van der Waals surface area contributed by atoms with Gasteiger partial charge in [-0.15, -0.1) is 0 Å². The largest absolute Gasteiger partial charge is 0.397 e. The standard InChI is InChI=1S/C13H21N3O/c1-5-8-16(4)13(17)10-6-7-12(15(2)3)11(14)9-10/h6-7,9H,5,8,14H2,1-4H3. The van der Waals surface area contributed by atoms with Crippen LogP contribution in [0.2, 0.25) is 0 Å². The van der Waals surface area contributed by atoms with Crippen LogP contribution in [0.25, 0.3) is 0 Å². The molecule has 1 aromatic carbocycles. The molecule has 0 saturated carbocycles. The summed E-state index contributed by atoms with van der Waals surface area (Å²) in [6.45, 7) is 2.81. The smallest absolute Gasteiger partial charge is 0.253 e. The Morgan fingerprint density at radius 2 is 1.94 bits per heavy atom. The van der Waals surface area contributed by atoms with Gasteiger partial charge >= 0.3 is 0 Å². The Hall–Kier alpha value is -1.71. The van der Waals surface area contributed by atoms with Crippen LogP contribution in [0.15, 0.2) is 18.2 Å². The maximum atomic E-state index is 12.0. The highest BCUT2D eigenvalue weighted by molar-refractivity contribution is 5.96. The van der Waals surface area contributed by atoms with Gasteiger partial charge in [-0.05, 0) is 24.6 Å². The molecule has 94 valence electrons. The molecule has 17 heavy (non-hydrogen) atoms. The van der Waals surface area contributed by atoms with Gasteiger partial charge in [-0.1, -0.05) is 6.92 Å². The number of anilines is 2. The summed E-state index contributed by atoms with van der Waals surface area (Å²) in [5, 5.41) is 0. The first kappa shape index (κ1) is 13.4. The van der Waals surface area contributed by atoms with E-state index in [0.29, 0.717) is 11.3 Å². The Labute approximate surface area is 103 Å². The van der Waals surface area contributed by atoms with Crippen molar-refractivity contribution in [3.05, 3.63) is 23.8 Å². The van der Waals surface area contributed by atoms with Gasteiger partial charge in [-0.3, -0.25) is 4.79 Å². The first-order valence-corrected chi connectivity index (χ1v) is 5.79. The van der Waals surface area contributed by atoms with E-state index in [0.717, 1.165) is 18.7 Å². The van der Waals surface area contributed by atoms with Gasteiger partial charge in [0.25, 0.3) is 5.91 Å². The summed E-state index contributed by atoms with van der Waals surface area (Å²) < 4.78 is 0. The molecule has 2 N–H and O–H groups in total. The number of carbonyl (C=O) groups is 1. The number of hydrogen-bond acceptors (Lipinski definition) is 3. The molecule has 0 aromatic heterocycles. The molecular formula is C13H21N3O. The van der Waals surface area contributed by atoms with Crippen molar-refractivity contribution < 1.29 is 4.79 Å². The predicted octanol–water partition coefficient (Wildman–Crippen LogP) is 1.82. The second-order valence-electron chi connectivity index (χ2n) is 4.39. The number of nitrogen functional groups attached to an aromatic ring is 1. The van der Waals surface area contributed by atoms with Gasteiger partial charge in [0.05, 0.1) is 11.4 Å². The number of benzene rings is 1. The Balaban J connectivity index is 2.93. The normalized spacial score (nSPS) is 10.1. The summed E-state index contributed by atoms with van der Waals surface area (Å²) in [5.41, 5.74) is 8.13. The zero-order valence-electron chi connectivity index (χ0n) is 11.0. The summed E-state index contributed by atoms with van der Waals surface area (Å²) in [6.07, 6.45) is 0.952. The summed E-state index contributed by atoms with van der Waals surface area (Å²) in [7, 11) is 5.66. The Morgan fingerprint density at radius 3 is 2.41 bits per heavy atom. The Kier molecular flexibility index (Phi) is 4.37. The second kappa shape index (κ2) is 5.57. The summed E-state index contributed by atoms with van der Waals surface area (Å²) in [4.78, 5) is 15.7. The van der Waals surface area contributed by atoms with Crippen LogP contribution in [0.4, 0.5) is 11.4 Å². The maximum absolute atomic E-state index is 12.0. The molecule has 0 spiro atoms. The molecule has 0 saturated heterocycles. The third kappa shape index (κ3) is 3.12. The Morgan fingerprint density at radius 1 is 1.29 bits per heavy atom. The molecule has 0 aliphatic carbocycles. The number of nitrogens with two attached hydrogens (primary N) is 1. The van der Waals surface area contributed by atoms with Crippen molar-refractivity contribution in [2.24, 2.45) is 0 Å². The van der Waals surface area contributed by atoms with Gasteiger partial charge in [0.15, 0.2) is 0 Å². The fourth-order valence-electron chi connectivity index (χ4n) is 1.75. The molecule has 0 unspecified atom stereocenters. The fourth-order valence-corrected chi connectivity index (χ4v) is 1.75. The number of nitrogens with zero attached hydrogens (tertiary/aromatic N) is 2. The van der Waals surface area contributed by atoms with E-state index in [1.165, 1.54) is 0 Å². The first-order chi connectivity index (χ1) is 7.97. The molecule has 0 radical (unpaired) electrons. The van der Waals surface area contributed by atoms with E-state index < -0.39 is 0 Å². The quantitative estimate of drug-likeness (QED) is 0.810. The van der Waals surface area contributed by atoms with Crippen LogP contribution in [0.1, 0.15) is 23.7 Å². The molecule has 0 heterocycles. The zero-order chi connectivity index (χ0) is 13.0. The average molecular weight is 235 g/mol. The predicted molar refractivity (Wildman–Crippen MR) is 72.4 cm³/mol. The van der Waals surface area contributed by atoms with Gasteiger partial charge in [0, 0.05) is 33.3 Å². The summed E-state index contributed by atoms with van der Waals surface area (Å²) in [6, 6.07) is 5.44. The van der Waals surface area contributed by atoms with E-state index in [9.17, 15) is 4.79 Å². The average Bonchev–Trinajstić information content (AvgIpc) is 2.27. The third-order valence-electron chi connectivity index (χ3n) is 2.66. The van der Waals surface area contributed by atoms with Crippen LogP contribution in [-0.4, -0.2) is 38.5 Å². The monoisotopic (exact) mass is 235 g/mol. The molecular weight excluding hydrogens is 214 g/mol. The minimum absolute atomic E-state index is 0.0175.